The van der Waals surface area contributed by atoms with Gasteiger partial charge in [-0.25, -0.2) is 4.39 Å². The van der Waals surface area contributed by atoms with Gasteiger partial charge in [0.1, 0.15) is 22.8 Å². The van der Waals surface area contributed by atoms with E-state index >= 15 is 0 Å². The molecule has 2 heterocycles. The summed E-state index contributed by atoms with van der Waals surface area (Å²) < 4.78 is 24.0. The summed E-state index contributed by atoms with van der Waals surface area (Å²) in [7, 11) is 0. The molecule has 0 aliphatic carbocycles. The van der Waals surface area contributed by atoms with Crippen LogP contribution in [0, 0.1) is 5.82 Å². The predicted molar refractivity (Wildman–Crippen MR) is 60.1 cm³/mol. The molecule has 2 aromatic rings. The van der Waals surface area contributed by atoms with E-state index in [1.807, 2.05) is 0 Å². The molecule has 0 spiro atoms. The summed E-state index contributed by atoms with van der Waals surface area (Å²) >= 11 is 0. The molecular weight excluding hydrogens is 223 g/mol. The van der Waals surface area contributed by atoms with E-state index in [4.69, 9.17) is 9.15 Å². The van der Waals surface area contributed by atoms with Crippen LogP contribution < -0.4 is 0 Å². The Morgan fingerprint density at radius 3 is 2.94 bits per heavy atom. The van der Waals surface area contributed by atoms with E-state index in [0.717, 1.165) is 0 Å². The second-order valence-corrected chi connectivity index (χ2v) is 4.48. The zero-order chi connectivity index (χ0) is 12.0. The van der Waals surface area contributed by atoms with Crippen LogP contribution in [0.15, 0.2) is 28.7 Å². The molecule has 17 heavy (non-hydrogen) atoms. The Bertz CT molecular complexity index is 563. The van der Waals surface area contributed by atoms with Gasteiger partial charge in [0.05, 0.1) is 12.7 Å². The van der Waals surface area contributed by atoms with Gasteiger partial charge in [-0.2, -0.15) is 0 Å². The van der Waals surface area contributed by atoms with Crippen LogP contribution in [0.2, 0.25) is 0 Å². The lowest BCUT2D eigenvalue weighted by atomic mass is 9.93. The highest BCUT2D eigenvalue weighted by atomic mass is 19.1. The highest BCUT2D eigenvalue weighted by molar-refractivity contribution is 5.78. The lowest BCUT2D eigenvalue weighted by Crippen LogP contribution is -2.32. The number of benzene rings is 1. The maximum absolute atomic E-state index is 13.1. The molecule has 2 unspecified atom stereocenters. The zero-order valence-electron chi connectivity index (χ0n) is 9.44. The molecule has 3 nitrogen and oxygen atoms in total. The summed E-state index contributed by atoms with van der Waals surface area (Å²) in [5.74, 6) is 0.135. The molecule has 2 atom stereocenters. The van der Waals surface area contributed by atoms with Crippen molar-refractivity contribution in [1.82, 2.24) is 0 Å². The molecule has 1 aliphatic rings. The first-order chi connectivity index (χ1) is 8.09. The number of aliphatic hydroxyl groups is 1. The third-order valence-corrected chi connectivity index (χ3v) is 3.43. The maximum Gasteiger partial charge on any atom is 0.150 e. The van der Waals surface area contributed by atoms with Crippen molar-refractivity contribution in [2.45, 2.75) is 25.0 Å². The van der Waals surface area contributed by atoms with Crippen molar-refractivity contribution in [2.75, 3.05) is 6.61 Å². The Morgan fingerprint density at radius 2 is 2.24 bits per heavy atom. The third-order valence-electron chi connectivity index (χ3n) is 3.43. The van der Waals surface area contributed by atoms with Gasteiger partial charge in [0.15, 0.2) is 0 Å². The Kier molecular flexibility index (Phi) is 2.24. The lowest BCUT2D eigenvalue weighted by Gasteiger charge is -2.22. The van der Waals surface area contributed by atoms with E-state index < -0.39 is 5.60 Å². The smallest absolute Gasteiger partial charge is 0.150 e. The minimum Gasteiger partial charge on any atom is -0.458 e. The molecule has 0 bridgehead atoms. The summed E-state index contributed by atoms with van der Waals surface area (Å²) in [5.41, 5.74) is -0.524. The molecular formula is C13H13FO3. The van der Waals surface area contributed by atoms with Crippen LogP contribution in [0.3, 0.4) is 0 Å². The number of hydrogen-bond acceptors (Lipinski definition) is 3. The van der Waals surface area contributed by atoms with E-state index in [9.17, 15) is 9.50 Å². The van der Waals surface area contributed by atoms with Crippen molar-refractivity contribution in [3.8, 4) is 0 Å². The first-order valence-electron chi connectivity index (χ1n) is 5.63. The zero-order valence-corrected chi connectivity index (χ0v) is 9.44. The Labute approximate surface area is 97.8 Å². The predicted octanol–water partition coefficient (Wildman–Crippen LogP) is 2.57. The number of ether oxygens (including phenoxy) is 1. The van der Waals surface area contributed by atoms with Crippen LogP contribution in [0.4, 0.5) is 4.39 Å². The summed E-state index contributed by atoms with van der Waals surface area (Å²) in [6.45, 7) is 2.31. The molecule has 1 aliphatic heterocycles. The van der Waals surface area contributed by atoms with Gasteiger partial charge in [0.25, 0.3) is 0 Å². The number of fused-ring (bicyclic) bond motifs is 1. The number of hydrogen-bond donors (Lipinski definition) is 1. The van der Waals surface area contributed by atoms with Gasteiger partial charge in [-0.3, -0.25) is 0 Å². The highest BCUT2D eigenvalue weighted by Crippen LogP contribution is 2.38. The lowest BCUT2D eigenvalue weighted by molar-refractivity contribution is -0.0451. The van der Waals surface area contributed by atoms with Gasteiger partial charge in [-0.05, 0) is 31.2 Å². The number of rotatable bonds is 1. The summed E-state index contributed by atoms with van der Waals surface area (Å²) in [5, 5.41) is 11.1. The summed E-state index contributed by atoms with van der Waals surface area (Å²) in [4.78, 5) is 0. The average molecular weight is 236 g/mol. The summed E-state index contributed by atoms with van der Waals surface area (Å²) in [6, 6.07) is 5.99. The Balaban J connectivity index is 2.12. The standard InChI is InChI=1S/C13H13FO3/c1-8-13(15,4-5-16-8)12-7-9-6-10(14)2-3-11(9)17-12/h2-3,6-8,15H,4-5H2,1H3. The van der Waals surface area contributed by atoms with E-state index in [0.29, 0.717) is 29.8 Å². The van der Waals surface area contributed by atoms with Crippen molar-refractivity contribution in [3.63, 3.8) is 0 Å². The van der Waals surface area contributed by atoms with Crippen LogP contribution in [0.1, 0.15) is 19.1 Å². The Morgan fingerprint density at radius 1 is 1.41 bits per heavy atom. The van der Waals surface area contributed by atoms with Crippen molar-refractivity contribution >= 4 is 11.0 Å². The first kappa shape index (κ1) is 10.7. The van der Waals surface area contributed by atoms with Gasteiger partial charge >= 0.3 is 0 Å². The second kappa shape index (κ2) is 3.55. The Hall–Kier alpha value is -1.39. The second-order valence-electron chi connectivity index (χ2n) is 4.48. The summed E-state index contributed by atoms with van der Waals surface area (Å²) in [6.07, 6.45) is 0.184. The van der Waals surface area contributed by atoms with Gasteiger partial charge in [-0.15, -0.1) is 0 Å². The van der Waals surface area contributed by atoms with E-state index in [1.54, 1.807) is 19.1 Å². The normalized spacial score (nSPS) is 29.0. The largest absolute Gasteiger partial charge is 0.458 e. The number of halogens is 1. The van der Waals surface area contributed by atoms with Crippen molar-refractivity contribution in [2.24, 2.45) is 0 Å². The van der Waals surface area contributed by atoms with E-state index in [2.05, 4.69) is 0 Å². The monoisotopic (exact) mass is 236 g/mol. The molecule has 4 heteroatoms. The van der Waals surface area contributed by atoms with Crippen LogP contribution in [0.5, 0.6) is 0 Å². The molecule has 0 radical (unpaired) electrons. The molecule has 0 amide bonds. The van der Waals surface area contributed by atoms with Gasteiger partial charge in [0, 0.05) is 11.8 Å². The average Bonchev–Trinajstić information content (AvgIpc) is 2.84. The van der Waals surface area contributed by atoms with Crippen molar-refractivity contribution in [1.29, 1.82) is 0 Å². The van der Waals surface area contributed by atoms with Crippen LogP contribution in [-0.2, 0) is 10.3 Å². The minimum absolute atomic E-state index is 0.312. The van der Waals surface area contributed by atoms with Crippen LogP contribution >= 0.6 is 0 Å². The topological polar surface area (TPSA) is 42.6 Å². The molecule has 1 saturated heterocycles. The molecule has 1 aromatic carbocycles. The van der Waals surface area contributed by atoms with Crippen LogP contribution in [0.25, 0.3) is 11.0 Å². The number of furan rings is 1. The molecule has 1 fully saturated rings. The molecule has 1 aromatic heterocycles. The SMILES string of the molecule is CC1OCCC1(O)c1cc2cc(F)ccc2o1. The first-order valence-corrected chi connectivity index (χ1v) is 5.63. The third kappa shape index (κ3) is 1.56. The fraction of sp³-hybridized carbons (Fsp3) is 0.385. The fourth-order valence-corrected chi connectivity index (χ4v) is 2.28. The quantitative estimate of drug-likeness (QED) is 0.827. The van der Waals surface area contributed by atoms with Crippen molar-refractivity contribution in [3.05, 3.63) is 35.8 Å². The molecule has 1 N–H and O–H groups in total. The van der Waals surface area contributed by atoms with Crippen LogP contribution in [-0.4, -0.2) is 17.8 Å². The van der Waals surface area contributed by atoms with Crippen molar-refractivity contribution < 1.29 is 18.7 Å². The maximum atomic E-state index is 13.1. The van der Waals surface area contributed by atoms with E-state index in [-0.39, 0.29) is 11.9 Å². The molecule has 90 valence electrons. The highest BCUT2D eigenvalue weighted by Gasteiger charge is 2.44. The van der Waals surface area contributed by atoms with Gasteiger partial charge < -0.3 is 14.3 Å². The minimum atomic E-state index is -1.10. The fourth-order valence-electron chi connectivity index (χ4n) is 2.28. The molecule has 3 rings (SSSR count). The van der Waals surface area contributed by atoms with Gasteiger partial charge in [-0.1, -0.05) is 0 Å². The van der Waals surface area contributed by atoms with E-state index in [1.165, 1.54) is 12.1 Å². The van der Waals surface area contributed by atoms with Gasteiger partial charge in [0.2, 0.25) is 0 Å². The molecule has 0 saturated carbocycles.